The quantitative estimate of drug-likeness (QED) is 0.489. The van der Waals surface area contributed by atoms with E-state index in [0.717, 1.165) is 16.5 Å². The van der Waals surface area contributed by atoms with E-state index in [0.29, 0.717) is 13.0 Å². The van der Waals surface area contributed by atoms with E-state index >= 15 is 0 Å². The zero-order chi connectivity index (χ0) is 20.6. The van der Waals surface area contributed by atoms with Gasteiger partial charge in [-0.2, -0.15) is 5.26 Å². The van der Waals surface area contributed by atoms with Gasteiger partial charge in [0.2, 0.25) is 0 Å². The standard InChI is InChI=1S/C22H18FN3O3/c23-18-7-2-3-8-19(18)25-21(27)15-29-22(28)11-10-16-14-26(13-5-12-24)20-9-4-1-6-17(16)20/h1-4,6-11,14H,5,13,15H2,(H,25,27)/b11-10+. The summed E-state index contributed by atoms with van der Waals surface area (Å²) in [5.41, 5.74) is 1.78. The highest BCUT2D eigenvalue weighted by molar-refractivity contribution is 5.96. The van der Waals surface area contributed by atoms with Gasteiger partial charge in [-0.15, -0.1) is 0 Å². The zero-order valence-corrected chi connectivity index (χ0v) is 15.5. The minimum Gasteiger partial charge on any atom is -0.452 e. The van der Waals surface area contributed by atoms with E-state index in [2.05, 4.69) is 11.4 Å². The first-order valence-electron chi connectivity index (χ1n) is 8.92. The first-order valence-corrected chi connectivity index (χ1v) is 8.92. The van der Waals surface area contributed by atoms with Crippen LogP contribution in [0.15, 0.2) is 60.8 Å². The Kier molecular flexibility index (Phi) is 6.38. The van der Waals surface area contributed by atoms with Gasteiger partial charge in [0.25, 0.3) is 5.91 Å². The Morgan fingerprint density at radius 3 is 2.72 bits per heavy atom. The van der Waals surface area contributed by atoms with Gasteiger partial charge in [0, 0.05) is 35.3 Å². The molecule has 0 atom stereocenters. The highest BCUT2D eigenvalue weighted by Crippen LogP contribution is 2.23. The van der Waals surface area contributed by atoms with Crippen LogP contribution in [-0.4, -0.2) is 23.1 Å². The summed E-state index contributed by atoms with van der Waals surface area (Å²) in [5, 5.41) is 12.1. The predicted octanol–water partition coefficient (Wildman–Crippen LogP) is 3.89. The van der Waals surface area contributed by atoms with E-state index in [-0.39, 0.29) is 5.69 Å². The maximum Gasteiger partial charge on any atom is 0.331 e. The average Bonchev–Trinajstić information content (AvgIpc) is 3.09. The lowest BCUT2D eigenvalue weighted by Crippen LogP contribution is -2.20. The van der Waals surface area contributed by atoms with Crippen molar-refractivity contribution in [2.24, 2.45) is 0 Å². The average molecular weight is 391 g/mol. The lowest BCUT2D eigenvalue weighted by atomic mass is 10.1. The van der Waals surface area contributed by atoms with E-state index in [1.165, 1.54) is 24.3 Å². The second kappa shape index (κ2) is 9.33. The van der Waals surface area contributed by atoms with Gasteiger partial charge >= 0.3 is 5.97 Å². The molecule has 1 N–H and O–H groups in total. The van der Waals surface area contributed by atoms with E-state index in [1.807, 2.05) is 35.0 Å². The summed E-state index contributed by atoms with van der Waals surface area (Å²) in [7, 11) is 0. The van der Waals surface area contributed by atoms with Crippen LogP contribution in [0.1, 0.15) is 12.0 Å². The maximum atomic E-state index is 13.5. The molecule has 0 saturated carbocycles. The largest absolute Gasteiger partial charge is 0.452 e. The molecule has 6 nitrogen and oxygen atoms in total. The fourth-order valence-corrected chi connectivity index (χ4v) is 2.85. The number of carbonyl (C=O) groups is 2. The van der Waals surface area contributed by atoms with Gasteiger partial charge in [0.15, 0.2) is 6.61 Å². The van der Waals surface area contributed by atoms with E-state index in [9.17, 15) is 14.0 Å². The number of hydrogen-bond acceptors (Lipinski definition) is 4. The van der Waals surface area contributed by atoms with Crippen LogP contribution in [0.2, 0.25) is 0 Å². The molecule has 0 radical (unpaired) electrons. The fourth-order valence-electron chi connectivity index (χ4n) is 2.85. The number of benzene rings is 2. The van der Waals surface area contributed by atoms with E-state index in [4.69, 9.17) is 10.00 Å². The number of fused-ring (bicyclic) bond motifs is 1. The van der Waals surface area contributed by atoms with Crippen molar-refractivity contribution in [3.63, 3.8) is 0 Å². The molecule has 3 aromatic rings. The number of nitrogens with zero attached hydrogens (tertiary/aromatic N) is 2. The lowest BCUT2D eigenvalue weighted by molar-refractivity contribution is -0.142. The van der Waals surface area contributed by atoms with Gasteiger partial charge in [-0.05, 0) is 24.3 Å². The number of halogens is 1. The summed E-state index contributed by atoms with van der Waals surface area (Å²) in [4.78, 5) is 23.8. The highest BCUT2D eigenvalue weighted by Gasteiger charge is 2.09. The van der Waals surface area contributed by atoms with Crippen LogP contribution in [-0.2, 0) is 20.9 Å². The molecule has 0 fully saturated rings. The number of esters is 1. The van der Waals surface area contributed by atoms with Gasteiger partial charge in [-0.1, -0.05) is 30.3 Å². The van der Waals surface area contributed by atoms with Crippen LogP contribution in [0.5, 0.6) is 0 Å². The molecular weight excluding hydrogens is 373 g/mol. The van der Waals surface area contributed by atoms with Crippen LogP contribution in [0.25, 0.3) is 17.0 Å². The monoisotopic (exact) mass is 391 g/mol. The molecule has 0 saturated heterocycles. The topological polar surface area (TPSA) is 84.1 Å². The fraction of sp³-hybridized carbons (Fsp3) is 0.136. The van der Waals surface area contributed by atoms with Crippen LogP contribution in [0.4, 0.5) is 10.1 Å². The number of aromatic nitrogens is 1. The SMILES string of the molecule is N#CCCn1cc(/C=C/C(=O)OCC(=O)Nc2ccccc2F)c2ccccc21. The van der Waals surface area contributed by atoms with E-state index in [1.54, 1.807) is 12.1 Å². The van der Waals surface area contributed by atoms with Crippen molar-refractivity contribution in [2.75, 3.05) is 11.9 Å². The number of nitriles is 1. The first kappa shape index (κ1) is 19.8. The van der Waals surface area contributed by atoms with Crippen LogP contribution in [0.3, 0.4) is 0 Å². The Morgan fingerprint density at radius 1 is 1.17 bits per heavy atom. The number of carbonyl (C=O) groups excluding carboxylic acids is 2. The summed E-state index contributed by atoms with van der Waals surface area (Å²) in [6.07, 6.45) is 5.06. The predicted molar refractivity (Wildman–Crippen MR) is 107 cm³/mol. The van der Waals surface area contributed by atoms with Crippen molar-refractivity contribution >= 4 is 34.5 Å². The van der Waals surface area contributed by atoms with Crippen LogP contribution in [0, 0.1) is 17.1 Å². The number of aryl methyl sites for hydroxylation is 1. The number of nitrogens with one attached hydrogen (secondary N) is 1. The molecule has 2 aromatic carbocycles. The van der Waals surface area contributed by atoms with Crippen molar-refractivity contribution in [2.45, 2.75) is 13.0 Å². The molecule has 0 aliphatic heterocycles. The molecule has 1 heterocycles. The molecular formula is C22H18FN3O3. The van der Waals surface area contributed by atoms with Crippen molar-refractivity contribution < 1.29 is 18.7 Å². The van der Waals surface area contributed by atoms with Gasteiger partial charge < -0.3 is 14.6 Å². The molecule has 0 bridgehead atoms. The molecule has 29 heavy (non-hydrogen) atoms. The van der Waals surface area contributed by atoms with Gasteiger partial charge in [-0.25, -0.2) is 9.18 Å². The summed E-state index contributed by atoms with van der Waals surface area (Å²) < 4.78 is 20.4. The molecule has 1 amide bonds. The van der Waals surface area contributed by atoms with Crippen molar-refractivity contribution in [3.8, 4) is 6.07 Å². The van der Waals surface area contributed by atoms with Crippen LogP contribution >= 0.6 is 0 Å². The van der Waals surface area contributed by atoms with Crippen molar-refractivity contribution in [1.82, 2.24) is 4.57 Å². The van der Waals surface area contributed by atoms with Crippen LogP contribution < -0.4 is 5.32 Å². The number of para-hydroxylation sites is 2. The third-order valence-electron chi connectivity index (χ3n) is 4.18. The maximum absolute atomic E-state index is 13.5. The third-order valence-corrected chi connectivity index (χ3v) is 4.18. The number of anilines is 1. The number of amides is 1. The second-order valence-corrected chi connectivity index (χ2v) is 6.17. The third kappa shape index (κ3) is 5.08. The Hall–Kier alpha value is -3.92. The van der Waals surface area contributed by atoms with Gasteiger partial charge in [0.05, 0.1) is 18.2 Å². The Labute approximate surface area is 166 Å². The summed E-state index contributed by atoms with van der Waals surface area (Å²) in [6, 6.07) is 15.5. The van der Waals surface area contributed by atoms with Crippen molar-refractivity contribution in [1.29, 1.82) is 5.26 Å². The smallest absolute Gasteiger partial charge is 0.331 e. The number of ether oxygens (including phenoxy) is 1. The Balaban J connectivity index is 1.61. The van der Waals surface area contributed by atoms with Gasteiger partial charge in [0.1, 0.15) is 5.82 Å². The molecule has 0 unspecified atom stereocenters. The van der Waals surface area contributed by atoms with Crippen molar-refractivity contribution in [3.05, 3.63) is 72.2 Å². The Morgan fingerprint density at radius 2 is 1.93 bits per heavy atom. The summed E-state index contributed by atoms with van der Waals surface area (Å²) in [5.74, 6) is -1.90. The lowest BCUT2D eigenvalue weighted by Gasteiger charge is -2.06. The summed E-state index contributed by atoms with van der Waals surface area (Å²) in [6.45, 7) is 0.0208. The van der Waals surface area contributed by atoms with Gasteiger partial charge in [-0.3, -0.25) is 4.79 Å². The molecule has 0 aliphatic rings. The minimum atomic E-state index is -0.692. The molecule has 0 spiro atoms. The highest BCUT2D eigenvalue weighted by atomic mass is 19.1. The molecule has 1 aromatic heterocycles. The molecule has 0 aliphatic carbocycles. The molecule has 7 heteroatoms. The minimum absolute atomic E-state index is 0.0225. The number of hydrogen-bond donors (Lipinski definition) is 1. The zero-order valence-electron chi connectivity index (χ0n) is 15.5. The van der Waals surface area contributed by atoms with E-state index < -0.39 is 24.3 Å². The molecule has 3 rings (SSSR count). The first-order chi connectivity index (χ1) is 14.1. The summed E-state index contributed by atoms with van der Waals surface area (Å²) >= 11 is 0. The Bertz CT molecular complexity index is 1110. The number of rotatable bonds is 7. The molecule has 146 valence electrons. The normalized spacial score (nSPS) is 10.8. The second-order valence-electron chi connectivity index (χ2n) is 6.17.